The zero-order valence-electron chi connectivity index (χ0n) is 11.0. The molecule has 1 aliphatic rings. The molecule has 3 heterocycles. The van der Waals surface area contributed by atoms with Crippen LogP contribution in [0.15, 0.2) is 42.6 Å². The zero-order chi connectivity index (χ0) is 13.4. The van der Waals surface area contributed by atoms with E-state index >= 15 is 0 Å². The molecule has 1 aromatic carbocycles. The lowest BCUT2D eigenvalue weighted by atomic mass is 10.1. The van der Waals surface area contributed by atoms with E-state index < -0.39 is 0 Å². The van der Waals surface area contributed by atoms with Crippen molar-refractivity contribution in [2.45, 2.75) is 6.54 Å². The molecule has 0 saturated carbocycles. The van der Waals surface area contributed by atoms with Crippen LogP contribution in [0.4, 0.5) is 0 Å². The number of aromatic amines is 1. The van der Waals surface area contributed by atoms with Gasteiger partial charge >= 0.3 is 0 Å². The third kappa shape index (κ3) is 1.94. The highest BCUT2D eigenvalue weighted by molar-refractivity contribution is 5.84. The molecule has 3 aromatic rings. The Kier molecular flexibility index (Phi) is 2.67. The molecule has 0 saturated heterocycles. The highest BCUT2D eigenvalue weighted by atomic mass is 16.5. The number of fused-ring (bicyclic) bond motifs is 2. The van der Waals surface area contributed by atoms with E-state index in [1.807, 2.05) is 6.20 Å². The summed E-state index contributed by atoms with van der Waals surface area (Å²) in [5.74, 6) is 0.749. The molecule has 0 spiro atoms. The van der Waals surface area contributed by atoms with Crippen LogP contribution in [-0.4, -0.2) is 23.1 Å². The number of benzene rings is 1. The molecule has 1 aliphatic heterocycles. The summed E-state index contributed by atoms with van der Waals surface area (Å²) in [7, 11) is 0. The van der Waals surface area contributed by atoms with Crippen LogP contribution < -0.4 is 10.1 Å². The van der Waals surface area contributed by atoms with Gasteiger partial charge in [0.15, 0.2) is 0 Å². The molecule has 4 nitrogen and oxygen atoms in total. The summed E-state index contributed by atoms with van der Waals surface area (Å²) >= 11 is 0. The van der Waals surface area contributed by atoms with Gasteiger partial charge < -0.3 is 15.0 Å². The Morgan fingerprint density at radius 1 is 1.10 bits per heavy atom. The Labute approximate surface area is 116 Å². The van der Waals surface area contributed by atoms with E-state index in [9.17, 15) is 0 Å². The lowest BCUT2D eigenvalue weighted by Gasteiger charge is -2.08. The van der Waals surface area contributed by atoms with Crippen molar-refractivity contribution in [1.82, 2.24) is 15.3 Å². The van der Waals surface area contributed by atoms with Crippen LogP contribution in [-0.2, 0) is 6.54 Å². The van der Waals surface area contributed by atoms with E-state index in [0.29, 0.717) is 6.61 Å². The van der Waals surface area contributed by atoms with Gasteiger partial charge in [-0.15, -0.1) is 0 Å². The first-order chi connectivity index (χ1) is 9.90. The monoisotopic (exact) mass is 265 g/mol. The largest absolute Gasteiger partial charge is 0.476 e. The van der Waals surface area contributed by atoms with Crippen LogP contribution in [0, 0.1) is 0 Å². The lowest BCUT2D eigenvalue weighted by molar-refractivity contribution is 0.314. The summed E-state index contributed by atoms with van der Waals surface area (Å²) < 4.78 is 5.70. The molecule has 0 unspecified atom stereocenters. The number of aromatic nitrogens is 2. The highest BCUT2D eigenvalue weighted by Gasteiger charge is 2.11. The summed E-state index contributed by atoms with van der Waals surface area (Å²) in [6, 6.07) is 12.5. The number of ether oxygens (including phenoxy) is 1. The lowest BCUT2D eigenvalue weighted by Crippen LogP contribution is -2.16. The number of nitrogens with zero attached hydrogens (tertiary/aromatic N) is 1. The molecule has 20 heavy (non-hydrogen) atoms. The van der Waals surface area contributed by atoms with Crippen LogP contribution in [0.2, 0.25) is 0 Å². The molecule has 0 aliphatic carbocycles. The van der Waals surface area contributed by atoms with Crippen LogP contribution in [0.25, 0.3) is 22.2 Å². The summed E-state index contributed by atoms with van der Waals surface area (Å²) in [4.78, 5) is 7.89. The second kappa shape index (κ2) is 4.65. The molecular formula is C16H15N3O. The molecule has 2 N–H and O–H groups in total. The summed E-state index contributed by atoms with van der Waals surface area (Å²) in [5, 5.41) is 4.53. The molecule has 2 aromatic heterocycles. The molecule has 0 amide bonds. The average molecular weight is 265 g/mol. The Balaban J connectivity index is 1.79. The molecule has 0 atom stereocenters. The fraction of sp³-hybridized carbons (Fsp3) is 0.188. The van der Waals surface area contributed by atoms with E-state index in [0.717, 1.165) is 41.3 Å². The van der Waals surface area contributed by atoms with Crippen LogP contribution >= 0.6 is 0 Å². The van der Waals surface area contributed by atoms with Gasteiger partial charge in [-0.3, -0.25) is 0 Å². The van der Waals surface area contributed by atoms with Gasteiger partial charge in [0, 0.05) is 35.9 Å². The molecular weight excluding hydrogens is 250 g/mol. The van der Waals surface area contributed by atoms with Gasteiger partial charge in [0.1, 0.15) is 6.61 Å². The first-order valence-corrected chi connectivity index (χ1v) is 6.81. The third-order valence-electron chi connectivity index (χ3n) is 3.62. The maximum atomic E-state index is 5.70. The van der Waals surface area contributed by atoms with E-state index in [2.05, 4.69) is 51.7 Å². The molecule has 100 valence electrons. The number of hydrogen-bond acceptors (Lipinski definition) is 3. The first kappa shape index (κ1) is 11.5. The SMILES string of the molecule is c1cc2ccc(-c3ccc4c(n3)OCCNC4)cc2[nH]1. The highest BCUT2D eigenvalue weighted by Crippen LogP contribution is 2.26. The van der Waals surface area contributed by atoms with Crippen molar-refractivity contribution in [3.8, 4) is 17.1 Å². The van der Waals surface area contributed by atoms with Crippen molar-refractivity contribution < 1.29 is 4.74 Å². The van der Waals surface area contributed by atoms with Crippen molar-refractivity contribution in [2.75, 3.05) is 13.2 Å². The molecule has 0 fully saturated rings. The topological polar surface area (TPSA) is 49.9 Å². The summed E-state index contributed by atoms with van der Waals surface area (Å²) in [6.07, 6.45) is 1.95. The fourth-order valence-corrected chi connectivity index (χ4v) is 2.54. The van der Waals surface area contributed by atoms with Gasteiger partial charge in [-0.25, -0.2) is 4.98 Å². The molecule has 4 heteroatoms. The Morgan fingerprint density at radius 3 is 3.10 bits per heavy atom. The normalized spacial score (nSPS) is 14.6. The van der Waals surface area contributed by atoms with Crippen molar-refractivity contribution >= 4 is 10.9 Å². The van der Waals surface area contributed by atoms with E-state index in [1.54, 1.807) is 0 Å². The van der Waals surface area contributed by atoms with E-state index in [4.69, 9.17) is 4.74 Å². The number of hydrogen-bond donors (Lipinski definition) is 2. The van der Waals surface area contributed by atoms with Crippen molar-refractivity contribution in [2.24, 2.45) is 0 Å². The second-order valence-electron chi connectivity index (χ2n) is 4.97. The zero-order valence-corrected chi connectivity index (χ0v) is 11.0. The minimum atomic E-state index is 0.666. The maximum Gasteiger partial charge on any atom is 0.218 e. The fourth-order valence-electron chi connectivity index (χ4n) is 2.54. The molecule has 0 bridgehead atoms. The van der Waals surface area contributed by atoms with Crippen molar-refractivity contribution in [3.63, 3.8) is 0 Å². The van der Waals surface area contributed by atoms with Crippen LogP contribution in [0.3, 0.4) is 0 Å². The van der Waals surface area contributed by atoms with Crippen molar-refractivity contribution in [3.05, 3.63) is 48.2 Å². The summed E-state index contributed by atoms with van der Waals surface area (Å²) in [5.41, 5.74) is 4.29. The minimum absolute atomic E-state index is 0.666. The predicted molar refractivity (Wildman–Crippen MR) is 78.7 cm³/mol. The number of rotatable bonds is 1. The van der Waals surface area contributed by atoms with Gasteiger partial charge in [0.2, 0.25) is 5.88 Å². The van der Waals surface area contributed by atoms with E-state index in [-0.39, 0.29) is 0 Å². The Hall–Kier alpha value is -2.33. The van der Waals surface area contributed by atoms with Gasteiger partial charge in [-0.05, 0) is 23.6 Å². The predicted octanol–water partition coefficient (Wildman–Crippen LogP) is 2.71. The number of H-pyrrole nitrogens is 1. The molecule has 0 radical (unpaired) electrons. The number of nitrogens with one attached hydrogen (secondary N) is 2. The average Bonchev–Trinajstić information content (AvgIpc) is 2.83. The maximum absolute atomic E-state index is 5.70. The summed E-state index contributed by atoms with van der Waals surface area (Å²) in [6.45, 7) is 2.34. The second-order valence-corrected chi connectivity index (χ2v) is 4.97. The smallest absolute Gasteiger partial charge is 0.218 e. The first-order valence-electron chi connectivity index (χ1n) is 6.81. The van der Waals surface area contributed by atoms with Crippen LogP contribution in [0.1, 0.15) is 5.56 Å². The standard InChI is InChI=1S/C16H15N3O/c1-2-12(9-15-11(1)5-6-18-15)14-4-3-13-10-17-7-8-20-16(13)19-14/h1-6,9,17-18H,7-8,10H2. The Bertz CT molecular complexity index is 763. The minimum Gasteiger partial charge on any atom is -0.476 e. The van der Waals surface area contributed by atoms with Gasteiger partial charge in [0.25, 0.3) is 0 Å². The third-order valence-corrected chi connectivity index (χ3v) is 3.62. The van der Waals surface area contributed by atoms with Crippen LogP contribution in [0.5, 0.6) is 5.88 Å². The number of pyridine rings is 1. The van der Waals surface area contributed by atoms with Gasteiger partial charge in [0.05, 0.1) is 5.69 Å². The van der Waals surface area contributed by atoms with Crippen molar-refractivity contribution in [1.29, 1.82) is 0 Å². The quantitative estimate of drug-likeness (QED) is 0.711. The van der Waals surface area contributed by atoms with Gasteiger partial charge in [-0.2, -0.15) is 0 Å². The molecule has 4 rings (SSSR count). The Morgan fingerprint density at radius 2 is 2.10 bits per heavy atom. The van der Waals surface area contributed by atoms with E-state index in [1.165, 1.54) is 5.39 Å². The van der Waals surface area contributed by atoms with Gasteiger partial charge in [-0.1, -0.05) is 18.2 Å².